The number of carbonyl (C=O) groups is 2. The Balaban J connectivity index is 2.45. The fourth-order valence-corrected chi connectivity index (χ4v) is 7.96. The molecule has 1 aromatic heterocycles. The van der Waals surface area contributed by atoms with Crippen molar-refractivity contribution >= 4 is 11.9 Å². The molecule has 8 heteroatoms. The Morgan fingerprint density at radius 3 is 1.42 bits per heavy atom. The van der Waals surface area contributed by atoms with Crippen LogP contribution in [0.3, 0.4) is 0 Å². The van der Waals surface area contributed by atoms with Crippen LogP contribution in [-0.4, -0.2) is 63.9 Å². The second-order valence-corrected chi connectivity index (χ2v) is 17.3. The fraction of sp³-hybridized carbons (Fsp3) is 0.898. The van der Waals surface area contributed by atoms with Gasteiger partial charge in [-0.15, -0.1) is 0 Å². The maximum Gasteiger partial charge on any atom is 0.308 e. The molecule has 0 aliphatic rings. The lowest BCUT2D eigenvalue weighted by molar-refractivity contribution is -0.150. The third-order valence-corrected chi connectivity index (χ3v) is 11.8. The molecule has 3 unspecified atom stereocenters. The zero-order valence-electron chi connectivity index (χ0n) is 38.3. The van der Waals surface area contributed by atoms with Crippen molar-refractivity contribution in [2.24, 2.45) is 18.9 Å². The van der Waals surface area contributed by atoms with E-state index in [1.165, 1.54) is 103 Å². The van der Waals surface area contributed by atoms with Crippen molar-refractivity contribution in [2.75, 3.05) is 26.3 Å². The molecule has 3 atom stereocenters. The number of hydrogen-bond donors (Lipinski definition) is 1. The first kappa shape index (κ1) is 53.1. The number of ether oxygens (including phenoxy) is 2. The maximum absolute atomic E-state index is 13.0. The third-order valence-electron chi connectivity index (χ3n) is 11.8. The van der Waals surface area contributed by atoms with Gasteiger partial charge in [-0.2, -0.15) is 0 Å². The van der Waals surface area contributed by atoms with Crippen LogP contribution in [0.5, 0.6) is 0 Å². The van der Waals surface area contributed by atoms with Gasteiger partial charge < -0.3 is 19.1 Å². The minimum Gasteiger partial charge on any atom is -0.465 e. The van der Waals surface area contributed by atoms with E-state index in [-0.39, 0.29) is 23.8 Å². The van der Waals surface area contributed by atoms with Gasteiger partial charge in [-0.25, -0.2) is 4.98 Å². The van der Waals surface area contributed by atoms with Crippen molar-refractivity contribution in [1.29, 1.82) is 0 Å². The Bertz CT molecular complexity index is 1050. The van der Waals surface area contributed by atoms with Crippen molar-refractivity contribution < 1.29 is 24.2 Å². The number of aryl methyl sites for hydroxylation is 1. The zero-order chi connectivity index (χ0) is 41.6. The molecule has 0 saturated carbocycles. The maximum atomic E-state index is 13.0. The highest BCUT2D eigenvalue weighted by atomic mass is 16.5. The normalized spacial score (nSPS) is 13.2. The third kappa shape index (κ3) is 29.9. The molecule has 0 aliphatic carbocycles. The summed E-state index contributed by atoms with van der Waals surface area (Å²) in [5.41, 5.74) is 0. The van der Waals surface area contributed by atoms with E-state index in [9.17, 15) is 14.7 Å². The fourth-order valence-electron chi connectivity index (χ4n) is 7.96. The van der Waals surface area contributed by atoms with Crippen LogP contribution in [0.2, 0.25) is 0 Å². The summed E-state index contributed by atoms with van der Waals surface area (Å²) >= 11 is 0. The first-order valence-electron chi connectivity index (χ1n) is 24.6. The van der Waals surface area contributed by atoms with Crippen LogP contribution in [0.1, 0.15) is 233 Å². The lowest BCUT2D eigenvalue weighted by Gasteiger charge is -2.25. The molecule has 0 fully saturated rings. The molecular formula is C49H93N3O5. The van der Waals surface area contributed by atoms with Gasteiger partial charge in [-0.1, -0.05) is 169 Å². The molecule has 57 heavy (non-hydrogen) atoms. The zero-order valence-corrected chi connectivity index (χ0v) is 38.3. The number of rotatable bonds is 42. The molecule has 1 N–H and O–H groups in total. The van der Waals surface area contributed by atoms with E-state index in [0.717, 1.165) is 102 Å². The van der Waals surface area contributed by atoms with Gasteiger partial charge in [-0.3, -0.25) is 14.5 Å². The van der Waals surface area contributed by atoms with Crippen LogP contribution in [0.15, 0.2) is 12.4 Å². The second-order valence-electron chi connectivity index (χ2n) is 17.3. The molecular weight excluding hydrogens is 711 g/mol. The van der Waals surface area contributed by atoms with Gasteiger partial charge in [0, 0.05) is 26.0 Å². The Hall–Kier alpha value is -1.93. The quantitative estimate of drug-likeness (QED) is 0.0519. The first-order valence-corrected chi connectivity index (χ1v) is 24.6. The van der Waals surface area contributed by atoms with Gasteiger partial charge in [0.15, 0.2) is 0 Å². The summed E-state index contributed by atoms with van der Waals surface area (Å²) in [6.45, 7) is 12.1. The predicted octanol–water partition coefficient (Wildman–Crippen LogP) is 13.1. The minimum atomic E-state index is -0.439. The number of imidazole rings is 1. The molecule has 334 valence electrons. The van der Waals surface area contributed by atoms with E-state index in [2.05, 4.69) is 42.1 Å². The largest absolute Gasteiger partial charge is 0.465 e. The Morgan fingerprint density at radius 1 is 0.579 bits per heavy atom. The summed E-state index contributed by atoms with van der Waals surface area (Å²) in [6, 6.07) is 0. The van der Waals surface area contributed by atoms with E-state index in [1.807, 2.05) is 19.4 Å². The summed E-state index contributed by atoms with van der Waals surface area (Å²) in [5, 5.41) is 11.1. The monoisotopic (exact) mass is 804 g/mol. The molecule has 0 radical (unpaired) electrons. The number of nitrogens with zero attached hydrogens (tertiary/aromatic N) is 3. The summed E-state index contributed by atoms with van der Waals surface area (Å²) < 4.78 is 13.7. The molecule has 0 amide bonds. The molecule has 0 spiro atoms. The number of esters is 2. The van der Waals surface area contributed by atoms with Crippen LogP contribution in [0, 0.1) is 11.8 Å². The second kappa shape index (κ2) is 38.3. The molecule has 0 bridgehead atoms. The van der Waals surface area contributed by atoms with Gasteiger partial charge in [-0.05, 0) is 64.3 Å². The number of carbonyl (C=O) groups excluding carboxylic acids is 2. The molecule has 0 aromatic carbocycles. The van der Waals surface area contributed by atoms with E-state index < -0.39 is 6.10 Å². The lowest BCUT2D eigenvalue weighted by Crippen LogP contribution is -2.33. The minimum absolute atomic E-state index is 0.00879. The molecule has 0 saturated heterocycles. The van der Waals surface area contributed by atoms with Crippen molar-refractivity contribution in [3.8, 4) is 0 Å². The molecule has 0 aliphatic heterocycles. The van der Waals surface area contributed by atoms with E-state index >= 15 is 0 Å². The van der Waals surface area contributed by atoms with Crippen LogP contribution >= 0.6 is 0 Å². The Morgan fingerprint density at radius 2 is 0.965 bits per heavy atom. The van der Waals surface area contributed by atoms with Crippen LogP contribution < -0.4 is 0 Å². The van der Waals surface area contributed by atoms with Gasteiger partial charge in [0.1, 0.15) is 5.82 Å². The lowest BCUT2D eigenvalue weighted by atomic mass is 9.94. The van der Waals surface area contributed by atoms with Crippen molar-refractivity contribution in [3.05, 3.63) is 18.2 Å². The van der Waals surface area contributed by atoms with Gasteiger partial charge in [0.2, 0.25) is 0 Å². The number of aromatic nitrogens is 2. The molecule has 1 aromatic rings. The van der Waals surface area contributed by atoms with Crippen molar-refractivity contribution in [1.82, 2.24) is 14.5 Å². The van der Waals surface area contributed by atoms with Gasteiger partial charge >= 0.3 is 11.9 Å². The van der Waals surface area contributed by atoms with E-state index in [0.29, 0.717) is 32.7 Å². The average molecular weight is 804 g/mol. The number of aliphatic hydroxyl groups excluding tert-OH is 1. The highest BCUT2D eigenvalue weighted by Gasteiger charge is 2.21. The van der Waals surface area contributed by atoms with Crippen LogP contribution in [0.4, 0.5) is 0 Å². The Kier molecular flexibility index (Phi) is 35.7. The topological polar surface area (TPSA) is 93.9 Å². The molecule has 1 rings (SSSR count). The van der Waals surface area contributed by atoms with Crippen LogP contribution in [-0.2, 0) is 32.7 Å². The predicted molar refractivity (Wildman–Crippen MR) is 239 cm³/mol. The number of hydrogen-bond acceptors (Lipinski definition) is 7. The van der Waals surface area contributed by atoms with E-state index in [4.69, 9.17) is 9.47 Å². The summed E-state index contributed by atoms with van der Waals surface area (Å²) in [4.78, 5) is 33.0. The number of unbranched alkanes of at least 4 members (excludes halogenated alkanes) is 20. The average Bonchev–Trinajstić information content (AvgIpc) is 3.61. The summed E-state index contributed by atoms with van der Waals surface area (Å²) in [6.07, 6.45) is 38.1. The highest BCUT2D eigenvalue weighted by Crippen LogP contribution is 2.22. The summed E-state index contributed by atoms with van der Waals surface area (Å²) in [7, 11) is 2.02. The smallest absolute Gasteiger partial charge is 0.308 e. The first-order chi connectivity index (χ1) is 27.9. The van der Waals surface area contributed by atoms with Crippen molar-refractivity contribution in [2.45, 2.75) is 239 Å². The molecule has 1 heterocycles. The summed E-state index contributed by atoms with van der Waals surface area (Å²) in [5.74, 6) is 1.11. The van der Waals surface area contributed by atoms with Gasteiger partial charge in [0.25, 0.3) is 0 Å². The van der Waals surface area contributed by atoms with Crippen LogP contribution in [0.25, 0.3) is 0 Å². The van der Waals surface area contributed by atoms with Gasteiger partial charge in [0.05, 0.1) is 37.7 Å². The van der Waals surface area contributed by atoms with Crippen molar-refractivity contribution in [3.63, 3.8) is 0 Å². The standard InChI is InChI=1S/C49H93N3O5/c1-6-10-14-18-20-26-34-44(32-24-16-12-8-3)48(54)56-40-30-23-22-29-38-52(43-47-50-37-39-51(47)5)42-46(53)36-28-31-41-57-49(55)45(33-25-17-13-9-4)35-27-21-19-15-11-7-2/h37,39,44-46,53H,6-36,38,40-43H2,1-5H3. The highest BCUT2D eigenvalue weighted by molar-refractivity contribution is 5.72. The SMILES string of the molecule is CCCCCCCCC(CCCCCC)C(=O)OCCCCCCN(Cc1nccn1C)CC(O)CCCCOC(=O)C(CCCCCC)CCCCCCCC. The Labute approximate surface area is 352 Å². The number of aliphatic hydroxyl groups is 1. The van der Waals surface area contributed by atoms with E-state index in [1.54, 1.807) is 0 Å². The molecule has 8 nitrogen and oxygen atoms in total.